The summed E-state index contributed by atoms with van der Waals surface area (Å²) in [5, 5.41) is 7.16. The summed E-state index contributed by atoms with van der Waals surface area (Å²) >= 11 is 0. The van der Waals surface area contributed by atoms with Crippen molar-refractivity contribution < 1.29 is 4.52 Å². The van der Waals surface area contributed by atoms with Crippen LogP contribution in [0.15, 0.2) is 10.9 Å². The molecule has 3 rings (SSSR count). The summed E-state index contributed by atoms with van der Waals surface area (Å²) in [7, 11) is 0. The minimum absolute atomic E-state index is 0.662. The molecule has 0 saturated heterocycles. The molecule has 2 heterocycles. The first kappa shape index (κ1) is 13.0. The van der Waals surface area contributed by atoms with E-state index in [4.69, 9.17) is 4.52 Å². The maximum Gasteiger partial charge on any atom is 0.228 e. The third kappa shape index (κ3) is 2.95. The Balaban J connectivity index is 1.65. The molecule has 0 atom stereocenters. The summed E-state index contributed by atoms with van der Waals surface area (Å²) in [5.74, 6) is 2.30. The summed E-state index contributed by atoms with van der Waals surface area (Å²) in [6.07, 6.45) is 8.22. The fraction of sp³-hybridized carbons (Fsp3) is 0.571. The van der Waals surface area contributed by atoms with Gasteiger partial charge in [0.2, 0.25) is 5.89 Å². The van der Waals surface area contributed by atoms with E-state index in [9.17, 15) is 0 Å². The van der Waals surface area contributed by atoms with Gasteiger partial charge in [0.15, 0.2) is 5.82 Å². The predicted octanol–water partition coefficient (Wildman–Crippen LogP) is 2.09. The molecule has 0 amide bonds. The average Bonchev–Trinajstić information content (AvgIpc) is 2.73. The zero-order valence-electron chi connectivity index (χ0n) is 11.7. The summed E-state index contributed by atoms with van der Waals surface area (Å²) in [5.41, 5.74) is 2.49. The van der Waals surface area contributed by atoms with E-state index in [2.05, 4.69) is 25.4 Å². The molecule has 2 aromatic rings. The molecule has 1 aliphatic carbocycles. The molecule has 0 aliphatic heterocycles. The van der Waals surface area contributed by atoms with Crippen LogP contribution in [0, 0.1) is 6.92 Å². The fourth-order valence-electron chi connectivity index (χ4n) is 2.58. The Morgan fingerprint density at radius 1 is 1.20 bits per heavy atom. The number of aromatic nitrogens is 4. The van der Waals surface area contributed by atoms with E-state index >= 15 is 0 Å². The van der Waals surface area contributed by atoms with Crippen LogP contribution in [-0.4, -0.2) is 26.7 Å². The van der Waals surface area contributed by atoms with Crippen LogP contribution in [-0.2, 0) is 19.3 Å². The minimum atomic E-state index is 0.662. The minimum Gasteiger partial charge on any atom is -0.369 e. The highest BCUT2D eigenvalue weighted by atomic mass is 16.5. The number of nitrogens with one attached hydrogen (secondary N) is 1. The van der Waals surface area contributed by atoms with Gasteiger partial charge in [-0.25, -0.2) is 9.97 Å². The first-order valence-corrected chi connectivity index (χ1v) is 7.19. The number of anilines is 1. The molecule has 6 nitrogen and oxygen atoms in total. The lowest BCUT2D eigenvalue weighted by atomic mass is 10.1. The van der Waals surface area contributed by atoms with Crippen LogP contribution in [0.5, 0.6) is 0 Å². The number of fused-ring (bicyclic) bond motifs is 1. The fourth-order valence-corrected chi connectivity index (χ4v) is 2.58. The number of aryl methyl sites for hydroxylation is 2. The molecule has 0 spiro atoms. The zero-order chi connectivity index (χ0) is 13.8. The summed E-state index contributed by atoms with van der Waals surface area (Å²) in [4.78, 5) is 13.0. The van der Waals surface area contributed by atoms with Gasteiger partial charge in [-0.1, -0.05) is 11.6 Å². The Morgan fingerprint density at radius 2 is 2.10 bits per heavy atom. The van der Waals surface area contributed by atoms with E-state index in [0.29, 0.717) is 18.1 Å². The monoisotopic (exact) mass is 273 g/mol. The lowest BCUT2D eigenvalue weighted by molar-refractivity contribution is 0.377. The van der Waals surface area contributed by atoms with Gasteiger partial charge in [0.25, 0.3) is 0 Å². The molecule has 0 saturated carbocycles. The highest BCUT2D eigenvalue weighted by Crippen LogP contribution is 2.23. The molecule has 0 aromatic carbocycles. The van der Waals surface area contributed by atoms with Crippen molar-refractivity contribution in [1.82, 2.24) is 20.1 Å². The van der Waals surface area contributed by atoms with E-state index in [1.807, 2.05) is 6.92 Å². The molecule has 2 aromatic heterocycles. The van der Waals surface area contributed by atoms with Gasteiger partial charge in [0.1, 0.15) is 12.1 Å². The number of rotatable bonds is 4. The Hall–Kier alpha value is -1.98. The molecule has 1 N–H and O–H groups in total. The van der Waals surface area contributed by atoms with Crippen LogP contribution in [0.4, 0.5) is 5.82 Å². The SMILES string of the molecule is Cc1noc(CCNc2ncnc3c2CCCCC3)n1. The second-order valence-electron chi connectivity index (χ2n) is 5.12. The third-order valence-corrected chi connectivity index (χ3v) is 3.58. The molecule has 1 aliphatic rings. The first-order valence-electron chi connectivity index (χ1n) is 7.19. The normalized spacial score (nSPS) is 14.7. The Labute approximate surface area is 118 Å². The van der Waals surface area contributed by atoms with Crippen LogP contribution >= 0.6 is 0 Å². The van der Waals surface area contributed by atoms with E-state index in [1.54, 1.807) is 6.33 Å². The van der Waals surface area contributed by atoms with Crippen molar-refractivity contribution in [3.05, 3.63) is 29.3 Å². The summed E-state index contributed by atoms with van der Waals surface area (Å²) in [6, 6.07) is 0. The van der Waals surface area contributed by atoms with Crippen LogP contribution in [0.3, 0.4) is 0 Å². The second kappa shape index (κ2) is 5.98. The number of hydrogen-bond donors (Lipinski definition) is 1. The molecule has 0 unspecified atom stereocenters. The maximum absolute atomic E-state index is 5.10. The van der Waals surface area contributed by atoms with Gasteiger partial charge in [0.05, 0.1) is 0 Å². The van der Waals surface area contributed by atoms with E-state index < -0.39 is 0 Å². The van der Waals surface area contributed by atoms with Crippen LogP contribution < -0.4 is 5.32 Å². The average molecular weight is 273 g/mol. The predicted molar refractivity (Wildman–Crippen MR) is 74.5 cm³/mol. The molecule has 0 radical (unpaired) electrons. The van der Waals surface area contributed by atoms with Gasteiger partial charge in [0, 0.05) is 24.2 Å². The highest BCUT2D eigenvalue weighted by Gasteiger charge is 2.14. The van der Waals surface area contributed by atoms with Crippen molar-refractivity contribution in [2.45, 2.75) is 45.4 Å². The second-order valence-corrected chi connectivity index (χ2v) is 5.12. The maximum atomic E-state index is 5.10. The third-order valence-electron chi connectivity index (χ3n) is 3.58. The van der Waals surface area contributed by atoms with Gasteiger partial charge in [-0.15, -0.1) is 0 Å². The quantitative estimate of drug-likeness (QED) is 0.860. The van der Waals surface area contributed by atoms with Gasteiger partial charge < -0.3 is 9.84 Å². The molecule has 0 bridgehead atoms. The molecule has 0 fully saturated rings. The van der Waals surface area contributed by atoms with E-state index in [0.717, 1.165) is 25.2 Å². The van der Waals surface area contributed by atoms with Crippen molar-refractivity contribution in [1.29, 1.82) is 0 Å². The van der Waals surface area contributed by atoms with Crippen molar-refractivity contribution in [2.24, 2.45) is 0 Å². The van der Waals surface area contributed by atoms with Crippen molar-refractivity contribution in [3.63, 3.8) is 0 Å². The lowest BCUT2D eigenvalue weighted by Gasteiger charge is -2.11. The molecular weight excluding hydrogens is 254 g/mol. The van der Waals surface area contributed by atoms with Crippen LogP contribution in [0.2, 0.25) is 0 Å². The number of nitrogens with zero attached hydrogens (tertiary/aromatic N) is 4. The number of hydrogen-bond acceptors (Lipinski definition) is 6. The van der Waals surface area contributed by atoms with Gasteiger partial charge in [-0.2, -0.15) is 4.98 Å². The first-order chi connectivity index (χ1) is 9.83. The van der Waals surface area contributed by atoms with Gasteiger partial charge in [-0.05, 0) is 32.6 Å². The molecular formula is C14H19N5O. The highest BCUT2D eigenvalue weighted by molar-refractivity contribution is 5.46. The Kier molecular flexibility index (Phi) is 3.90. The van der Waals surface area contributed by atoms with Crippen molar-refractivity contribution >= 4 is 5.82 Å². The van der Waals surface area contributed by atoms with Crippen molar-refractivity contribution in [3.8, 4) is 0 Å². The summed E-state index contributed by atoms with van der Waals surface area (Å²) in [6.45, 7) is 2.57. The Bertz CT molecular complexity index is 581. The standard InChI is InChI=1S/C14H19N5O/c1-10-18-13(20-19-10)7-8-15-14-11-5-3-2-4-6-12(11)16-9-17-14/h9H,2-8H2,1H3,(H,15,16,17). The van der Waals surface area contributed by atoms with Crippen LogP contribution in [0.1, 0.15) is 42.2 Å². The Morgan fingerprint density at radius 3 is 2.95 bits per heavy atom. The topological polar surface area (TPSA) is 76.7 Å². The smallest absolute Gasteiger partial charge is 0.228 e. The zero-order valence-corrected chi connectivity index (χ0v) is 11.7. The van der Waals surface area contributed by atoms with E-state index in [1.165, 1.54) is 30.5 Å². The summed E-state index contributed by atoms with van der Waals surface area (Å²) < 4.78 is 5.10. The van der Waals surface area contributed by atoms with E-state index in [-0.39, 0.29) is 0 Å². The van der Waals surface area contributed by atoms with Crippen LogP contribution in [0.25, 0.3) is 0 Å². The lowest BCUT2D eigenvalue weighted by Crippen LogP contribution is -2.11. The molecule has 106 valence electrons. The largest absolute Gasteiger partial charge is 0.369 e. The van der Waals surface area contributed by atoms with Gasteiger partial charge >= 0.3 is 0 Å². The molecule has 20 heavy (non-hydrogen) atoms. The molecule has 6 heteroatoms. The van der Waals surface area contributed by atoms with Gasteiger partial charge in [-0.3, -0.25) is 0 Å². The van der Waals surface area contributed by atoms with Crippen molar-refractivity contribution in [2.75, 3.05) is 11.9 Å².